The summed E-state index contributed by atoms with van der Waals surface area (Å²) in [6, 6.07) is 1.70. The highest BCUT2D eigenvalue weighted by Gasteiger charge is 2.40. The van der Waals surface area contributed by atoms with Gasteiger partial charge in [-0.2, -0.15) is 0 Å². The molecule has 1 N–H and O–H groups in total. The third kappa shape index (κ3) is 4.13. The van der Waals surface area contributed by atoms with Gasteiger partial charge in [-0.15, -0.1) is 0 Å². The van der Waals surface area contributed by atoms with Crippen LogP contribution in [0.5, 0.6) is 0 Å². The van der Waals surface area contributed by atoms with E-state index in [4.69, 9.17) is 4.74 Å². The Balaban J connectivity index is 1.56. The van der Waals surface area contributed by atoms with Crippen LogP contribution in [0.15, 0.2) is 12.1 Å². The van der Waals surface area contributed by atoms with Crippen LogP contribution >= 0.6 is 0 Å². The van der Waals surface area contributed by atoms with Gasteiger partial charge >= 0.3 is 5.97 Å². The minimum absolute atomic E-state index is 0.0292. The van der Waals surface area contributed by atoms with Gasteiger partial charge < -0.3 is 15.0 Å². The summed E-state index contributed by atoms with van der Waals surface area (Å²) in [7, 11) is 0. The number of hydrogen-bond acceptors (Lipinski definition) is 4. The first-order chi connectivity index (χ1) is 13.3. The summed E-state index contributed by atoms with van der Waals surface area (Å²) >= 11 is 0. The molecule has 152 valence electrons. The van der Waals surface area contributed by atoms with Crippen LogP contribution in [0.25, 0.3) is 0 Å². The summed E-state index contributed by atoms with van der Waals surface area (Å²) in [5.74, 6) is -6.98. The molecule has 0 unspecified atom stereocenters. The quantitative estimate of drug-likeness (QED) is 0.611. The first kappa shape index (κ1) is 20.2. The summed E-state index contributed by atoms with van der Waals surface area (Å²) in [6.07, 6.45) is 2.69. The molecule has 1 aromatic carbocycles. The van der Waals surface area contributed by atoms with Crippen molar-refractivity contribution in [1.82, 2.24) is 4.90 Å². The van der Waals surface area contributed by atoms with Gasteiger partial charge in [0.2, 0.25) is 5.91 Å². The second-order valence-electron chi connectivity index (χ2n) is 7.18. The summed E-state index contributed by atoms with van der Waals surface area (Å²) in [5, 5.41) is 2.06. The fraction of sp³-hybridized carbons (Fsp3) is 0.526. The Labute approximate surface area is 160 Å². The highest BCUT2D eigenvalue weighted by atomic mass is 19.2. The average molecular weight is 398 g/mol. The van der Waals surface area contributed by atoms with Gasteiger partial charge in [0.15, 0.2) is 23.6 Å². The molecular formula is C19H21F3N2O4. The average Bonchev–Trinajstić information content (AvgIpc) is 3.31. The topological polar surface area (TPSA) is 75.7 Å². The van der Waals surface area contributed by atoms with Crippen LogP contribution in [0.3, 0.4) is 0 Å². The third-order valence-electron chi connectivity index (χ3n) is 5.21. The Bertz CT molecular complexity index is 796. The van der Waals surface area contributed by atoms with Crippen LogP contribution in [0.1, 0.15) is 39.0 Å². The number of carbonyl (C=O) groups is 3. The van der Waals surface area contributed by atoms with Gasteiger partial charge in [0, 0.05) is 19.0 Å². The number of amides is 2. The van der Waals surface area contributed by atoms with Crippen LogP contribution in [0.2, 0.25) is 0 Å². The number of carbonyl (C=O) groups excluding carboxylic acids is 3. The zero-order chi connectivity index (χ0) is 20.4. The first-order valence-corrected chi connectivity index (χ1v) is 9.22. The maximum Gasteiger partial charge on any atom is 0.312 e. The lowest BCUT2D eigenvalue weighted by Gasteiger charge is -2.24. The van der Waals surface area contributed by atoms with Crippen LogP contribution in [-0.4, -0.2) is 41.4 Å². The predicted octanol–water partition coefficient (Wildman–Crippen LogP) is 2.77. The highest BCUT2D eigenvalue weighted by molar-refractivity contribution is 5.96. The van der Waals surface area contributed by atoms with E-state index in [0.29, 0.717) is 6.07 Å². The Hall–Kier alpha value is -2.58. The highest BCUT2D eigenvalue weighted by Crippen LogP contribution is 2.30. The van der Waals surface area contributed by atoms with Crippen molar-refractivity contribution in [2.24, 2.45) is 5.92 Å². The van der Waals surface area contributed by atoms with Crippen molar-refractivity contribution in [3.63, 3.8) is 0 Å². The number of benzene rings is 1. The van der Waals surface area contributed by atoms with Crippen LogP contribution in [-0.2, 0) is 19.1 Å². The molecule has 0 spiro atoms. The fourth-order valence-corrected chi connectivity index (χ4v) is 3.64. The Kier molecular flexibility index (Phi) is 5.90. The number of rotatable bonds is 5. The van der Waals surface area contributed by atoms with Crippen molar-refractivity contribution in [2.45, 2.75) is 51.2 Å². The molecule has 1 aliphatic carbocycles. The molecule has 2 fully saturated rings. The minimum atomic E-state index is -1.71. The molecule has 1 saturated heterocycles. The lowest BCUT2D eigenvalue weighted by atomic mass is 10.1. The normalized spacial score (nSPS) is 21.1. The van der Waals surface area contributed by atoms with Gasteiger partial charge in [-0.25, -0.2) is 13.2 Å². The molecule has 2 amide bonds. The van der Waals surface area contributed by atoms with E-state index in [-0.39, 0.29) is 24.9 Å². The van der Waals surface area contributed by atoms with Crippen molar-refractivity contribution < 1.29 is 32.3 Å². The third-order valence-corrected chi connectivity index (χ3v) is 5.21. The van der Waals surface area contributed by atoms with E-state index in [1.165, 1.54) is 6.92 Å². The van der Waals surface area contributed by atoms with Crippen molar-refractivity contribution in [3.05, 3.63) is 29.6 Å². The second kappa shape index (κ2) is 8.20. The fourth-order valence-electron chi connectivity index (χ4n) is 3.64. The Morgan fingerprint density at radius 3 is 2.54 bits per heavy atom. The van der Waals surface area contributed by atoms with E-state index >= 15 is 0 Å². The van der Waals surface area contributed by atoms with Crippen molar-refractivity contribution in [2.75, 3.05) is 11.9 Å². The monoisotopic (exact) mass is 398 g/mol. The van der Waals surface area contributed by atoms with Gasteiger partial charge in [-0.05, 0) is 31.9 Å². The SMILES string of the molecule is C[C@H](OC(=O)[C@@H]1CC(=O)N(C2CCCC2)C1)C(=O)Nc1ccc(F)c(F)c1F. The largest absolute Gasteiger partial charge is 0.452 e. The summed E-state index contributed by atoms with van der Waals surface area (Å²) in [6.45, 7) is 1.53. The molecule has 0 radical (unpaired) electrons. The van der Waals surface area contributed by atoms with Gasteiger partial charge in [0.05, 0.1) is 11.6 Å². The molecule has 3 rings (SSSR count). The molecule has 9 heteroatoms. The molecule has 0 aromatic heterocycles. The van der Waals surface area contributed by atoms with E-state index in [1.54, 1.807) is 4.90 Å². The minimum Gasteiger partial charge on any atom is -0.452 e. The second-order valence-corrected chi connectivity index (χ2v) is 7.18. The maximum absolute atomic E-state index is 13.6. The van der Waals surface area contributed by atoms with Crippen LogP contribution < -0.4 is 5.32 Å². The number of anilines is 1. The Morgan fingerprint density at radius 2 is 1.86 bits per heavy atom. The molecule has 1 saturated carbocycles. The lowest BCUT2D eigenvalue weighted by molar-refractivity contribution is -0.157. The first-order valence-electron chi connectivity index (χ1n) is 9.22. The van der Waals surface area contributed by atoms with Crippen molar-refractivity contribution >= 4 is 23.5 Å². The summed E-state index contributed by atoms with van der Waals surface area (Å²) in [4.78, 5) is 38.3. The maximum atomic E-state index is 13.6. The number of hydrogen-bond donors (Lipinski definition) is 1. The van der Waals surface area contributed by atoms with Crippen LogP contribution in [0.4, 0.5) is 18.9 Å². The van der Waals surface area contributed by atoms with Crippen LogP contribution in [0, 0.1) is 23.4 Å². The molecule has 2 atom stereocenters. The van der Waals surface area contributed by atoms with E-state index < -0.39 is 47.0 Å². The van der Waals surface area contributed by atoms with Crippen molar-refractivity contribution in [1.29, 1.82) is 0 Å². The molecule has 2 aliphatic rings. The number of nitrogens with one attached hydrogen (secondary N) is 1. The number of esters is 1. The summed E-state index contributed by atoms with van der Waals surface area (Å²) < 4.78 is 44.9. The van der Waals surface area contributed by atoms with Gasteiger partial charge in [0.25, 0.3) is 5.91 Å². The standard InChI is InChI=1S/C19H21F3N2O4/c1-10(18(26)23-14-7-6-13(20)16(21)17(14)22)28-19(27)11-8-15(25)24(9-11)12-4-2-3-5-12/h6-7,10-12H,2-5,8-9H2,1H3,(H,23,26)/t10-,11+/m0/s1. The number of likely N-dealkylation sites (tertiary alicyclic amines) is 1. The smallest absolute Gasteiger partial charge is 0.312 e. The molecule has 1 aromatic rings. The molecule has 28 heavy (non-hydrogen) atoms. The lowest BCUT2D eigenvalue weighted by Crippen LogP contribution is -2.36. The van der Waals surface area contributed by atoms with E-state index in [9.17, 15) is 27.6 Å². The van der Waals surface area contributed by atoms with E-state index in [1.807, 2.05) is 0 Å². The van der Waals surface area contributed by atoms with Gasteiger partial charge in [-0.3, -0.25) is 14.4 Å². The molecule has 6 nitrogen and oxygen atoms in total. The van der Waals surface area contributed by atoms with Crippen molar-refractivity contribution in [3.8, 4) is 0 Å². The van der Waals surface area contributed by atoms with E-state index in [2.05, 4.69) is 5.32 Å². The number of ether oxygens (including phenoxy) is 1. The predicted molar refractivity (Wildman–Crippen MR) is 92.6 cm³/mol. The van der Waals surface area contributed by atoms with E-state index in [0.717, 1.165) is 31.7 Å². The zero-order valence-electron chi connectivity index (χ0n) is 15.3. The number of halogens is 3. The molecular weight excluding hydrogens is 377 g/mol. The Morgan fingerprint density at radius 1 is 1.18 bits per heavy atom. The number of nitrogens with zero attached hydrogens (tertiary/aromatic N) is 1. The van der Waals surface area contributed by atoms with Gasteiger partial charge in [-0.1, -0.05) is 12.8 Å². The van der Waals surface area contributed by atoms with Gasteiger partial charge in [0.1, 0.15) is 0 Å². The zero-order valence-corrected chi connectivity index (χ0v) is 15.3. The molecule has 1 aliphatic heterocycles. The summed E-state index contributed by atoms with van der Waals surface area (Å²) in [5.41, 5.74) is -0.560. The molecule has 1 heterocycles. The molecule has 0 bridgehead atoms.